The van der Waals surface area contributed by atoms with Gasteiger partial charge in [0.2, 0.25) is 34.1 Å². The van der Waals surface area contributed by atoms with Crippen molar-refractivity contribution in [3.05, 3.63) is 23.9 Å². The molecule has 410 valence electrons. The highest BCUT2D eigenvalue weighted by molar-refractivity contribution is 7.91. The maximum Gasteiger partial charge on any atom is 0.408 e. The van der Waals surface area contributed by atoms with Gasteiger partial charge < -0.3 is 60.6 Å². The number of hydrogen-bond donors (Lipinski definition) is 9. The van der Waals surface area contributed by atoms with Crippen molar-refractivity contribution in [2.45, 2.75) is 164 Å². The number of aliphatic hydroxyl groups is 5. The van der Waals surface area contributed by atoms with Gasteiger partial charge in [-0.2, -0.15) is 8.78 Å². The van der Waals surface area contributed by atoms with Crippen LogP contribution in [0.3, 0.4) is 0 Å². The van der Waals surface area contributed by atoms with Gasteiger partial charge in [0.15, 0.2) is 5.69 Å². The zero-order chi connectivity index (χ0) is 54.2. The molecule has 1 saturated heterocycles. The number of nitrogens with zero attached hydrogens (tertiary/aromatic N) is 3. The van der Waals surface area contributed by atoms with E-state index in [0.717, 1.165) is 4.90 Å². The van der Waals surface area contributed by atoms with Crippen molar-refractivity contribution in [1.29, 1.82) is 0 Å². The molecule has 1 aromatic heterocycles. The SMILES string of the molecule is CC[C@@H]1[C@@H]2CN(C(=O)[C@H](C(C)(C)C)NC(=O)O[C@@H]3C[C@H]3CCCCC(F)(F)c3nc4ccc(OC)cc4nc3O2)[C@@H]1C(=O)N[C@]1(C(=O)NS(=O)(=O)C2(C)CC2)C[C@H]1C(F)F.CNC[C@H](O)[C@@H](O)[C@H](O)[C@H](O)CO. The highest BCUT2D eigenvalue weighted by Gasteiger charge is 2.68. The number of halogens is 4. The number of likely N-dealkylation sites (N-methyl/N-ethyl adjacent to an activating group) is 1. The summed E-state index contributed by atoms with van der Waals surface area (Å²) in [6.45, 7) is 7.06. The minimum Gasteiger partial charge on any atom is -0.497 e. The summed E-state index contributed by atoms with van der Waals surface area (Å²) in [4.78, 5) is 66.3. The molecule has 3 saturated carbocycles. The number of sulfonamides is 1. The molecule has 2 aliphatic heterocycles. The first-order valence-corrected chi connectivity index (χ1v) is 25.9. The summed E-state index contributed by atoms with van der Waals surface area (Å²) in [6, 6.07) is 1.59. The lowest BCUT2D eigenvalue weighted by molar-refractivity contribution is -0.144. The topological polar surface area (TPSA) is 308 Å². The van der Waals surface area contributed by atoms with E-state index in [2.05, 4.69) is 25.9 Å². The fourth-order valence-electron chi connectivity index (χ4n) is 9.33. The molecule has 21 nitrogen and oxygen atoms in total. The number of ether oxygens (including phenoxy) is 3. The predicted octanol–water partition coefficient (Wildman–Crippen LogP) is 1.60. The van der Waals surface area contributed by atoms with E-state index in [-0.39, 0.29) is 49.2 Å². The molecule has 4 fully saturated rings. The number of carbonyl (C=O) groups is 4. The summed E-state index contributed by atoms with van der Waals surface area (Å²) in [5.74, 6) is -9.85. The van der Waals surface area contributed by atoms with Crippen molar-refractivity contribution in [3.63, 3.8) is 0 Å². The van der Waals surface area contributed by atoms with Crippen LogP contribution in [0.2, 0.25) is 0 Å². The van der Waals surface area contributed by atoms with Crippen LogP contribution in [-0.2, 0) is 35.1 Å². The highest BCUT2D eigenvalue weighted by Crippen LogP contribution is 2.50. The molecule has 7 rings (SSSR count). The standard InChI is InChI=1S/C40H52F4N6O9S.C7H17NO5/c1-7-22-27-19-50(28(22)32(51)48-39(18-23(39)31(41)42)35(53)49-60(55,56)38(5)14-15-38)34(52)30(37(2,3)4)47-36(54)59-26-16-20(26)10-8-9-13-40(43,44)29-33(58-27)46-25-17-21(57-6)11-12-24(25)45-29;1-8-2-4(10)6(12)7(13)5(11)3-9/h11-12,17,20,22-23,26-28,30-31H,7-10,13-16,18-19H2,1-6H3,(H,47,54)(H,48,51)(H,49,53);4-13H,2-3H2,1H3/t20-,22-,23+,26-,27+,28+,30-,39-;4-,5+,6+,7+/m10/s1. The number of benzene rings is 1. The number of alkyl carbamates (subject to hydrolysis) is 1. The van der Waals surface area contributed by atoms with E-state index in [1.54, 1.807) is 40.8 Å². The number of nitrogens with one attached hydrogen (secondary N) is 4. The smallest absolute Gasteiger partial charge is 0.408 e. The third-order valence-electron chi connectivity index (χ3n) is 14.5. The van der Waals surface area contributed by atoms with Crippen molar-refractivity contribution in [1.82, 2.24) is 35.5 Å². The molecule has 1 aromatic carbocycles. The molecule has 3 heterocycles. The van der Waals surface area contributed by atoms with Crippen molar-refractivity contribution in [3.8, 4) is 11.6 Å². The molecule has 12 atom stereocenters. The van der Waals surface area contributed by atoms with Gasteiger partial charge in [-0.15, -0.1) is 0 Å². The van der Waals surface area contributed by atoms with Gasteiger partial charge in [-0.25, -0.2) is 32.0 Å². The lowest BCUT2D eigenvalue weighted by Gasteiger charge is -2.36. The number of carbonyl (C=O) groups excluding carboxylic acids is 4. The van der Waals surface area contributed by atoms with E-state index in [1.165, 1.54) is 26.2 Å². The second-order valence-electron chi connectivity index (χ2n) is 21.1. The van der Waals surface area contributed by atoms with E-state index in [4.69, 9.17) is 34.6 Å². The van der Waals surface area contributed by atoms with Crippen LogP contribution in [0.4, 0.5) is 22.4 Å². The largest absolute Gasteiger partial charge is 0.497 e. The van der Waals surface area contributed by atoms with E-state index >= 15 is 8.78 Å². The number of aliphatic hydroxyl groups excluding tert-OH is 5. The van der Waals surface area contributed by atoms with E-state index in [9.17, 15) is 41.5 Å². The van der Waals surface area contributed by atoms with Crippen molar-refractivity contribution < 1.29 is 84.9 Å². The Morgan fingerprint density at radius 2 is 1.67 bits per heavy atom. The summed E-state index contributed by atoms with van der Waals surface area (Å²) >= 11 is 0. The predicted molar refractivity (Wildman–Crippen MR) is 252 cm³/mol. The van der Waals surface area contributed by atoms with Crippen LogP contribution in [0, 0.1) is 23.2 Å². The molecular weight excluding hydrogens is 995 g/mol. The Labute approximate surface area is 420 Å². The van der Waals surface area contributed by atoms with Crippen LogP contribution < -0.4 is 30.1 Å². The van der Waals surface area contributed by atoms with Gasteiger partial charge >= 0.3 is 6.09 Å². The van der Waals surface area contributed by atoms with Crippen LogP contribution in [0.1, 0.15) is 98.1 Å². The third-order valence-corrected chi connectivity index (χ3v) is 16.7. The van der Waals surface area contributed by atoms with E-state index in [1.807, 2.05) is 4.72 Å². The number of alkyl halides is 4. The first-order chi connectivity index (χ1) is 34.1. The first-order valence-electron chi connectivity index (χ1n) is 24.4. The molecule has 5 aliphatic rings. The van der Waals surface area contributed by atoms with Crippen LogP contribution in [0.5, 0.6) is 11.6 Å². The van der Waals surface area contributed by atoms with Crippen LogP contribution >= 0.6 is 0 Å². The minimum absolute atomic E-state index is 0.0516. The zero-order valence-electron chi connectivity index (χ0n) is 41.8. The van der Waals surface area contributed by atoms with E-state index in [0.29, 0.717) is 25.0 Å². The molecule has 2 bridgehead atoms. The fraction of sp³-hybridized carbons (Fsp3) is 0.745. The van der Waals surface area contributed by atoms with Crippen LogP contribution in [0.15, 0.2) is 18.2 Å². The Hall–Kier alpha value is -4.73. The number of hydrogen-bond acceptors (Lipinski definition) is 17. The molecule has 0 radical (unpaired) electrons. The molecule has 3 aliphatic carbocycles. The zero-order valence-corrected chi connectivity index (χ0v) is 42.6. The monoisotopic (exact) mass is 1060 g/mol. The summed E-state index contributed by atoms with van der Waals surface area (Å²) in [6.07, 6.45) is -10.6. The molecule has 4 amide bonds. The third kappa shape index (κ3) is 12.7. The molecular formula is C47H69F4N7O14S. The highest BCUT2D eigenvalue weighted by atomic mass is 32.2. The van der Waals surface area contributed by atoms with Gasteiger partial charge in [0.1, 0.15) is 53.9 Å². The Bertz CT molecular complexity index is 2450. The Morgan fingerprint density at radius 1 is 1.00 bits per heavy atom. The van der Waals surface area contributed by atoms with Crippen molar-refractivity contribution in [2.75, 3.05) is 33.9 Å². The molecule has 2 aromatic rings. The second-order valence-corrected chi connectivity index (χ2v) is 23.3. The lowest BCUT2D eigenvalue weighted by atomic mass is 9.85. The van der Waals surface area contributed by atoms with Crippen LogP contribution in [0.25, 0.3) is 11.0 Å². The summed E-state index contributed by atoms with van der Waals surface area (Å²) in [7, 11) is -1.32. The van der Waals surface area contributed by atoms with Crippen molar-refractivity contribution >= 4 is 44.9 Å². The average molecular weight is 1060 g/mol. The number of rotatable bonds is 14. The van der Waals surface area contributed by atoms with Gasteiger partial charge in [-0.1, -0.05) is 34.1 Å². The minimum atomic E-state index is -4.31. The Balaban J connectivity index is 0.000000588. The second kappa shape index (κ2) is 22.2. The fourth-order valence-corrected chi connectivity index (χ4v) is 10.6. The van der Waals surface area contributed by atoms with Gasteiger partial charge in [0, 0.05) is 24.9 Å². The maximum atomic E-state index is 16.3. The number of aromatic nitrogens is 2. The molecule has 26 heteroatoms. The van der Waals surface area contributed by atoms with Gasteiger partial charge in [-0.05, 0) is 82.4 Å². The molecule has 0 spiro atoms. The summed E-state index contributed by atoms with van der Waals surface area (Å²) < 4.78 is 105. The average Bonchev–Trinajstić information content (AvgIpc) is 4.29. The van der Waals surface area contributed by atoms with Crippen molar-refractivity contribution in [2.24, 2.45) is 23.2 Å². The van der Waals surface area contributed by atoms with Gasteiger partial charge in [0.25, 0.3) is 11.8 Å². The van der Waals surface area contributed by atoms with Crippen LogP contribution in [-0.4, -0.2) is 172 Å². The number of amides is 4. The Kier molecular flexibility index (Phi) is 17.5. The summed E-state index contributed by atoms with van der Waals surface area (Å²) in [5.41, 5.74) is -3.83. The quantitative estimate of drug-likeness (QED) is 0.121. The van der Waals surface area contributed by atoms with E-state index < -0.39 is 160 Å². The lowest BCUT2D eigenvalue weighted by Crippen LogP contribution is -2.61. The number of methoxy groups -OCH3 is 1. The maximum absolute atomic E-state index is 16.3. The normalized spacial score (nSPS) is 29.4. The van der Waals surface area contributed by atoms with Gasteiger partial charge in [0.05, 0.1) is 48.1 Å². The summed E-state index contributed by atoms with van der Waals surface area (Å²) in [5, 5.41) is 52.5. The van der Waals surface area contributed by atoms with Gasteiger partial charge in [-0.3, -0.25) is 19.1 Å². The Morgan fingerprint density at radius 3 is 2.25 bits per heavy atom. The molecule has 9 N–H and O–H groups in total. The first kappa shape index (κ1) is 57.5. The molecule has 0 unspecified atom stereocenters. The molecule has 73 heavy (non-hydrogen) atoms. The number of fused-ring (bicyclic) bond motifs is 5.